The molecule has 7 aromatic rings. The number of hydrogen-bond acceptors (Lipinski definition) is 2. The molecule has 0 N–H and O–H groups in total. The van der Waals surface area contributed by atoms with E-state index in [0.717, 1.165) is 28.1 Å². The van der Waals surface area contributed by atoms with Crippen molar-refractivity contribution in [3.63, 3.8) is 0 Å². The van der Waals surface area contributed by atoms with Crippen LogP contribution in [-0.2, 0) is 5.41 Å². The maximum absolute atomic E-state index is 5.09. The number of rotatable bonds is 5. The second-order valence-electron chi connectivity index (χ2n) is 12.5. The molecule has 1 aromatic heterocycles. The standard InChI is InChI=1S/C44H34N2/c1-44(2)38-23-12-13-24-42(38)46(37-21-10-5-11-22-37)43-26-25-35(28-39(43)44)33-19-14-20-34(27-33)36-29-40(31-15-6-3-7-16-31)45-41(30-36)32-17-8-4-9-18-32/h3-30H,1-2H3. The number of benzene rings is 6. The Morgan fingerprint density at radius 3 is 1.54 bits per heavy atom. The summed E-state index contributed by atoms with van der Waals surface area (Å²) >= 11 is 0. The van der Waals surface area contributed by atoms with Gasteiger partial charge in [-0.3, -0.25) is 0 Å². The number of aromatic nitrogens is 1. The molecule has 220 valence electrons. The van der Waals surface area contributed by atoms with Gasteiger partial charge >= 0.3 is 0 Å². The number of para-hydroxylation sites is 2. The molecule has 0 saturated heterocycles. The van der Waals surface area contributed by atoms with Gasteiger partial charge in [0.1, 0.15) is 0 Å². The predicted octanol–water partition coefficient (Wildman–Crippen LogP) is 11.9. The summed E-state index contributed by atoms with van der Waals surface area (Å²) in [7, 11) is 0. The van der Waals surface area contributed by atoms with Crippen LogP contribution in [0.1, 0.15) is 25.0 Å². The Hall–Kier alpha value is -5.73. The van der Waals surface area contributed by atoms with Gasteiger partial charge in [0.15, 0.2) is 0 Å². The number of hydrogen-bond donors (Lipinski definition) is 0. The van der Waals surface area contributed by atoms with Crippen molar-refractivity contribution in [3.05, 3.63) is 181 Å². The molecular formula is C44H34N2. The Kier molecular flexibility index (Phi) is 6.84. The summed E-state index contributed by atoms with van der Waals surface area (Å²) < 4.78 is 0. The van der Waals surface area contributed by atoms with Crippen molar-refractivity contribution in [1.82, 2.24) is 4.98 Å². The minimum atomic E-state index is -0.162. The zero-order chi connectivity index (χ0) is 31.1. The third-order valence-electron chi connectivity index (χ3n) is 9.24. The van der Waals surface area contributed by atoms with Crippen LogP contribution >= 0.6 is 0 Å². The quantitative estimate of drug-likeness (QED) is 0.198. The fourth-order valence-electron chi connectivity index (χ4n) is 6.83. The van der Waals surface area contributed by atoms with Crippen LogP contribution in [-0.4, -0.2) is 4.98 Å². The highest BCUT2D eigenvalue weighted by Gasteiger charge is 2.36. The van der Waals surface area contributed by atoms with Crippen LogP contribution in [0.15, 0.2) is 170 Å². The van der Waals surface area contributed by atoms with Crippen molar-refractivity contribution in [2.24, 2.45) is 0 Å². The second-order valence-corrected chi connectivity index (χ2v) is 12.5. The maximum atomic E-state index is 5.09. The minimum Gasteiger partial charge on any atom is -0.310 e. The first kappa shape index (κ1) is 27.8. The molecule has 0 unspecified atom stereocenters. The monoisotopic (exact) mass is 590 g/mol. The predicted molar refractivity (Wildman–Crippen MR) is 193 cm³/mol. The van der Waals surface area contributed by atoms with Crippen LogP contribution in [0.5, 0.6) is 0 Å². The molecule has 0 amide bonds. The lowest BCUT2D eigenvalue weighted by molar-refractivity contribution is 0.632. The SMILES string of the molecule is CC1(C)c2ccccc2N(c2ccccc2)c2ccc(-c3cccc(-c4cc(-c5ccccc5)nc(-c5ccccc5)c4)c3)cc21. The lowest BCUT2D eigenvalue weighted by Crippen LogP contribution is -2.30. The highest BCUT2D eigenvalue weighted by molar-refractivity contribution is 5.88. The molecular weight excluding hydrogens is 556 g/mol. The van der Waals surface area contributed by atoms with Crippen LogP contribution in [0.2, 0.25) is 0 Å². The molecule has 1 aliphatic rings. The van der Waals surface area contributed by atoms with Gasteiger partial charge in [-0.15, -0.1) is 0 Å². The van der Waals surface area contributed by atoms with Crippen molar-refractivity contribution in [3.8, 4) is 44.8 Å². The lowest BCUT2D eigenvalue weighted by atomic mass is 9.73. The summed E-state index contributed by atoms with van der Waals surface area (Å²) in [4.78, 5) is 7.50. The molecule has 0 saturated carbocycles. The van der Waals surface area contributed by atoms with Crippen LogP contribution in [0.25, 0.3) is 44.8 Å². The highest BCUT2D eigenvalue weighted by atomic mass is 15.2. The molecule has 0 spiro atoms. The van der Waals surface area contributed by atoms with Gasteiger partial charge in [-0.05, 0) is 81.9 Å². The van der Waals surface area contributed by atoms with Gasteiger partial charge in [0.2, 0.25) is 0 Å². The van der Waals surface area contributed by atoms with Crippen LogP contribution in [0.3, 0.4) is 0 Å². The summed E-state index contributed by atoms with van der Waals surface area (Å²) in [5, 5.41) is 0. The molecule has 0 radical (unpaired) electrons. The van der Waals surface area contributed by atoms with Gasteiger partial charge in [-0.25, -0.2) is 4.98 Å². The van der Waals surface area contributed by atoms with E-state index in [0.29, 0.717) is 0 Å². The van der Waals surface area contributed by atoms with Crippen molar-refractivity contribution < 1.29 is 0 Å². The number of nitrogens with zero attached hydrogens (tertiary/aromatic N) is 2. The molecule has 46 heavy (non-hydrogen) atoms. The van der Waals surface area contributed by atoms with Crippen molar-refractivity contribution in [1.29, 1.82) is 0 Å². The molecule has 0 aliphatic carbocycles. The van der Waals surface area contributed by atoms with Crippen molar-refractivity contribution in [2.45, 2.75) is 19.3 Å². The Balaban J connectivity index is 1.25. The fraction of sp³-hybridized carbons (Fsp3) is 0.0682. The molecule has 2 heteroatoms. The van der Waals surface area contributed by atoms with E-state index in [1.54, 1.807) is 0 Å². The van der Waals surface area contributed by atoms with Gasteiger partial charge < -0.3 is 4.90 Å². The summed E-state index contributed by atoms with van der Waals surface area (Å²) in [5.41, 5.74) is 15.0. The van der Waals surface area contributed by atoms with E-state index in [1.165, 1.54) is 44.9 Å². The normalized spacial score (nSPS) is 13.1. The molecule has 0 fully saturated rings. The van der Waals surface area contributed by atoms with Gasteiger partial charge in [-0.2, -0.15) is 0 Å². The third-order valence-corrected chi connectivity index (χ3v) is 9.24. The fourth-order valence-corrected chi connectivity index (χ4v) is 6.83. The molecule has 1 aliphatic heterocycles. The molecule has 0 bridgehead atoms. The molecule has 2 nitrogen and oxygen atoms in total. The average molecular weight is 591 g/mol. The van der Waals surface area contributed by atoms with Crippen LogP contribution in [0.4, 0.5) is 17.1 Å². The largest absolute Gasteiger partial charge is 0.310 e. The smallest absolute Gasteiger partial charge is 0.0715 e. The van der Waals surface area contributed by atoms with E-state index >= 15 is 0 Å². The van der Waals surface area contributed by atoms with Gasteiger partial charge in [0.05, 0.1) is 22.8 Å². The Morgan fingerprint density at radius 1 is 0.391 bits per heavy atom. The number of anilines is 3. The summed E-state index contributed by atoms with van der Waals surface area (Å²) in [6.45, 7) is 4.70. The van der Waals surface area contributed by atoms with Crippen molar-refractivity contribution in [2.75, 3.05) is 4.90 Å². The summed E-state index contributed by atoms with van der Waals surface area (Å²) in [5.74, 6) is 0. The van der Waals surface area contributed by atoms with E-state index in [4.69, 9.17) is 4.98 Å². The van der Waals surface area contributed by atoms with E-state index in [1.807, 2.05) is 12.1 Å². The van der Waals surface area contributed by atoms with Crippen LogP contribution < -0.4 is 4.90 Å². The first-order valence-electron chi connectivity index (χ1n) is 15.9. The molecule has 8 rings (SSSR count). The van der Waals surface area contributed by atoms with Gasteiger partial charge in [0, 0.05) is 22.2 Å². The van der Waals surface area contributed by atoms with E-state index in [9.17, 15) is 0 Å². The summed E-state index contributed by atoms with van der Waals surface area (Å²) in [6.07, 6.45) is 0. The molecule has 0 atom stereocenters. The first-order chi connectivity index (χ1) is 22.6. The van der Waals surface area contributed by atoms with E-state index < -0.39 is 0 Å². The molecule has 6 aromatic carbocycles. The minimum absolute atomic E-state index is 0.162. The van der Waals surface area contributed by atoms with Crippen LogP contribution in [0, 0.1) is 0 Å². The Morgan fingerprint density at radius 2 is 0.891 bits per heavy atom. The lowest BCUT2D eigenvalue weighted by Gasteiger charge is -2.42. The number of pyridine rings is 1. The van der Waals surface area contributed by atoms with E-state index in [-0.39, 0.29) is 5.41 Å². The van der Waals surface area contributed by atoms with Crippen molar-refractivity contribution >= 4 is 17.1 Å². The van der Waals surface area contributed by atoms with Gasteiger partial charge in [-0.1, -0.05) is 135 Å². The van der Waals surface area contributed by atoms with Gasteiger partial charge in [0.25, 0.3) is 0 Å². The summed E-state index contributed by atoms with van der Waals surface area (Å²) in [6, 6.07) is 60.7. The third kappa shape index (κ3) is 4.89. The zero-order valence-corrected chi connectivity index (χ0v) is 26.1. The topological polar surface area (TPSA) is 16.1 Å². The number of fused-ring (bicyclic) bond motifs is 2. The first-order valence-corrected chi connectivity index (χ1v) is 15.9. The van der Waals surface area contributed by atoms with E-state index in [2.05, 4.69) is 176 Å². The average Bonchev–Trinajstić information content (AvgIpc) is 3.13. The Labute approximate surface area is 271 Å². The Bertz CT molecular complexity index is 2110. The highest BCUT2D eigenvalue weighted by Crippen LogP contribution is 2.52. The zero-order valence-electron chi connectivity index (χ0n) is 26.1. The second kappa shape index (κ2) is 11.3. The molecule has 2 heterocycles. The maximum Gasteiger partial charge on any atom is 0.0715 e.